The summed E-state index contributed by atoms with van der Waals surface area (Å²) in [6, 6.07) is 5.99. The Bertz CT molecular complexity index is 578. The highest BCUT2D eigenvalue weighted by Crippen LogP contribution is 2.32. The highest BCUT2D eigenvalue weighted by molar-refractivity contribution is 5.92. The first-order valence-electron chi connectivity index (χ1n) is 8.46. The maximum absolute atomic E-state index is 12.1. The van der Waals surface area contributed by atoms with Gasteiger partial charge in [0.05, 0.1) is 19.6 Å². The molecule has 0 unspecified atom stereocenters. The standard InChI is InChI=1S/C18H24N2O3/c1-2-9-20-10-7-15(8-11-20)19-18(21)6-4-14-3-5-16-17(12-14)23-13-22-16/h3-6,12,15H,2,7-11,13H2,1H3,(H,19,21)/p+1/b6-4+. The van der Waals surface area contributed by atoms with Crippen molar-refractivity contribution in [2.45, 2.75) is 32.2 Å². The average Bonchev–Trinajstić information content (AvgIpc) is 3.03. The second kappa shape index (κ2) is 7.51. The van der Waals surface area contributed by atoms with E-state index >= 15 is 0 Å². The van der Waals surface area contributed by atoms with Crippen LogP contribution >= 0.6 is 0 Å². The Labute approximate surface area is 137 Å². The molecule has 1 amide bonds. The van der Waals surface area contributed by atoms with E-state index < -0.39 is 0 Å². The molecule has 2 N–H and O–H groups in total. The van der Waals surface area contributed by atoms with Crippen molar-refractivity contribution < 1.29 is 19.2 Å². The highest BCUT2D eigenvalue weighted by atomic mass is 16.7. The molecule has 5 nitrogen and oxygen atoms in total. The molecule has 124 valence electrons. The largest absolute Gasteiger partial charge is 0.454 e. The molecule has 2 heterocycles. The number of hydrogen-bond donors (Lipinski definition) is 2. The third kappa shape index (κ3) is 4.26. The Kier molecular flexibility index (Phi) is 5.18. The van der Waals surface area contributed by atoms with Gasteiger partial charge in [-0.3, -0.25) is 4.79 Å². The number of nitrogens with one attached hydrogen (secondary N) is 2. The number of carbonyl (C=O) groups excluding carboxylic acids is 1. The SMILES string of the molecule is CCC[NH+]1CCC(NC(=O)/C=C/c2ccc3c(c2)OCO3)CC1. The molecule has 0 aromatic heterocycles. The number of rotatable bonds is 5. The fourth-order valence-corrected chi connectivity index (χ4v) is 3.21. The van der Waals surface area contributed by atoms with Crippen molar-refractivity contribution in [2.24, 2.45) is 0 Å². The molecular formula is C18H25N2O3+. The lowest BCUT2D eigenvalue weighted by molar-refractivity contribution is -0.905. The van der Waals surface area contributed by atoms with Crippen LogP contribution in [-0.2, 0) is 4.79 Å². The fourth-order valence-electron chi connectivity index (χ4n) is 3.21. The van der Waals surface area contributed by atoms with Crippen molar-refractivity contribution in [1.29, 1.82) is 0 Å². The molecule has 2 aliphatic rings. The summed E-state index contributed by atoms with van der Waals surface area (Å²) in [5, 5.41) is 3.11. The molecule has 1 aromatic rings. The lowest BCUT2D eigenvalue weighted by Gasteiger charge is -2.29. The monoisotopic (exact) mass is 317 g/mol. The number of carbonyl (C=O) groups is 1. The maximum atomic E-state index is 12.1. The quantitative estimate of drug-likeness (QED) is 0.797. The number of fused-ring (bicyclic) bond motifs is 1. The van der Waals surface area contributed by atoms with Crippen molar-refractivity contribution >= 4 is 12.0 Å². The number of quaternary nitrogens is 1. The third-order valence-electron chi connectivity index (χ3n) is 4.47. The van der Waals surface area contributed by atoms with Gasteiger partial charge in [0.2, 0.25) is 12.7 Å². The molecule has 0 aliphatic carbocycles. The number of benzene rings is 1. The minimum Gasteiger partial charge on any atom is -0.454 e. The number of amides is 1. The van der Waals surface area contributed by atoms with Gasteiger partial charge in [-0.25, -0.2) is 0 Å². The Balaban J connectivity index is 1.48. The van der Waals surface area contributed by atoms with Gasteiger partial charge in [0, 0.05) is 25.0 Å². The first kappa shape index (κ1) is 15.9. The third-order valence-corrected chi connectivity index (χ3v) is 4.47. The molecule has 0 radical (unpaired) electrons. The molecule has 1 aromatic carbocycles. The summed E-state index contributed by atoms with van der Waals surface area (Å²) in [5.41, 5.74) is 0.937. The molecule has 1 saturated heterocycles. The van der Waals surface area contributed by atoms with E-state index in [1.807, 2.05) is 24.3 Å². The minimum absolute atomic E-state index is 0.0217. The predicted molar refractivity (Wildman–Crippen MR) is 88.6 cm³/mol. The van der Waals surface area contributed by atoms with Crippen molar-refractivity contribution in [3.63, 3.8) is 0 Å². The van der Waals surface area contributed by atoms with E-state index in [-0.39, 0.29) is 12.7 Å². The van der Waals surface area contributed by atoms with E-state index in [0.717, 1.165) is 43.0 Å². The van der Waals surface area contributed by atoms with Crippen molar-refractivity contribution in [1.82, 2.24) is 5.32 Å². The fraction of sp³-hybridized carbons (Fsp3) is 0.500. The van der Waals surface area contributed by atoms with Crippen molar-refractivity contribution in [2.75, 3.05) is 26.4 Å². The Morgan fingerprint density at radius 2 is 2.09 bits per heavy atom. The van der Waals surface area contributed by atoms with Gasteiger partial charge in [-0.15, -0.1) is 0 Å². The van der Waals surface area contributed by atoms with Crippen LogP contribution in [0.5, 0.6) is 11.5 Å². The molecule has 3 rings (SSSR count). The maximum Gasteiger partial charge on any atom is 0.244 e. The van der Waals surface area contributed by atoms with Crippen LogP contribution in [0, 0.1) is 0 Å². The molecule has 23 heavy (non-hydrogen) atoms. The minimum atomic E-state index is -0.0217. The van der Waals surface area contributed by atoms with Crippen molar-refractivity contribution in [3.05, 3.63) is 29.8 Å². The van der Waals surface area contributed by atoms with Gasteiger partial charge >= 0.3 is 0 Å². The zero-order valence-electron chi connectivity index (χ0n) is 13.6. The van der Waals surface area contributed by atoms with Crippen LogP contribution in [-0.4, -0.2) is 38.4 Å². The van der Waals surface area contributed by atoms with E-state index in [9.17, 15) is 4.79 Å². The van der Waals surface area contributed by atoms with E-state index in [2.05, 4.69) is 12.2 Å². The lowest BCUT2D eigenvalue weighted by Crippen LogP contribution is -3.13. The summed E-state index contributed by atoms with van der Waals surface area (Å²) in [7, 11) is 0. The van der Waals surface area contributed by atoms with Gasteiger partial charge in [0.25, 0.3) is 0 Å². The van der Waals surface area contributed by atoms with Crippen LogP contribution in [0.15, 0.2) is 24.3 Å². The summed E-state index contributed by atoms with van der Waals surface area (Å²) in [6.45, 7) is 6.05. The zero-order valence-corrected chi connectivity index (χ0v) is 13.6. The van der Waals surface area contributed by atoms with E-state index in [1.165, 1.54) is 13.0 Å². The zero-order chi connectivity index (χ0) is 16.1. The molecule has 0 bridgehead atoms. The number of ether oxygens (including phenoxy) is 2. The molecule has 0 saturated carbocycles. The highest BCUT2D eigenvalue weighted by Gasteiger charge is 2.22. The summed E-state index contributed by atoms with van der Waals surface area (Å²) in [6.07, 6.45) is 6.78. The lowest BCUT2D eigenvalue weighted by atomic mass is 10.0. The summed E-state index contributed by atoms with van der Waals surface area (Å²) in [5.74, 6) is 1.47. The molecule has 5 heteroatoms. The summed E-state index contributed by atoms with van der Waals surface area (Å²) >= 11 is 0. The van der Waals surface area contributed by atoms with Gasteiger partial charge in [-0.05, 0) is 30.2 Å². The van der Waals surface area contributed by atoms with Crippen LogP contribution in [0.2, 0.25) is 0 Å². The van der Waals surface area contributed by atoms with E-state index in [4.69, 9.17) is 9.47 Å². The van der Waals surface area contributed by atoms with Gasteiger partial charge in [0.15, 0.2) is 11.5 Å². The predicted octanol–water partition coefficient (Wildman–Crippen LogP) is 1.00. The topological polar surface area (TPSA) is 52.0 Å². The van der Waals surface area contributed by atoms with Crippen LogP contribution in [0.4, 0.5) is 0 Å². The van der Waals surface area contributed by atoms with Gasteiger partial charge in [-0.2, -0.15) is 0 Å². The first-order chi connectivity index (χ1) is 11.2. The normalized spacial score (nSPS) is 23.2. The van der Waals surface area contributed by atoms with Crippen molar-refractivity contribution in [3.8, 4) is 11.5 Å². The molecular weight excluding hydrogens is 292 g/mol. The van der Waals surface area contributed by atoms with Gasteiger partial charge in [-0.1, -0.05) is 13.0 Å². The average molecular weight is 317 g/mol. The Morgan fingerprint density at radius 3 is 2.87 bits per heavy atom. The van der Waals surface area contributed by atoms with Crippen LogP contribution in [0.3, 0.4) is 0 Å². The van der Waals surface area contributed by atoms with Crippen LogP contribution < -0.4 is 19.7 Å². The Morgan fingerprint density at radius 1 is 1.30 bits per heavy atom. The second-order valence-corrected chi connectivity index (χ2v) is 6.23. The van der Waals surface area contributed by atoms with Crippen LogP contribution in [0.25, 0.3) is 6.08 Å². The number of likely N-dealkylation sites (tertiary alicyclic amines) is 1. The first-order valence-corrected chi connectivity index (χ1v) is 8.46. The molecule has 0 atom stereocenters. The van der Waals surface area contributed by atoms with E-state index in [1.54, 1.807) is 11.0 Å². The second-order valence-electron chi connectivity index (χ2n) is 6.23. The molecule has 0 spiro atoms. The molecule has 2 aliphatic heterocycles. The van der Waals surface area contributed by atoms with Gasteiger partial charge < -0.3 is 19.7 Å². The Hall–Kier alpha value is -2.01. The van der Waals surface area contributed by atoms with Gasteiger partial charge in [0.1, 0.15) is 0 Å². The molecule has 1 fully saturated rings. The van der Waals surface area contributed by atoms with E-state index in [0.29, 0.717) is 6.04 Å². The number of hydrogen-bond acceptors (Lipinski definition) is 3. The summed E-state index contributed by atoms with van der Waals surface area (Å²) in [4.78, 5) is 13.7. The summed E-state index contributed by atoms with van der Waals surface area (Å²) < 4.78 is 10.6. The van der Waals surface area contributed by atoms with Crippen LogP contribution in [0.1, 0.15) is 31.7 Å². The smallest absolute Gasteiger partial charge is 0.244 e. The number of piperidine rings is 1.